The number of hydrogen-bond donors (Lipinski definition) is 1. The third-order valence-electron chi connectivity index (χ3n) is 4.32. The van der Waals surface area contributed by atoms with E-state index in [9.17, 15) is 9.59 Å². The van der Waals surface area contributed by atoms with Crippen molar-refractivity contribution in [2.75, 3.05) is 11.9 Å². The number of nitrogens with one attached hydrogen (secondary N) is 1. The van der Waals surface area contributed by atoms with Gasteiger partial charge in [-0.05, 0) is 50.7 Å². The van der Waals surface area contributed by atoms with Crippen molar-refractivity contribution >= 4 is 28.2 Å². The number of hydrogen-bond acceptors (Lipinski definition) is 5. The summed E-state index contributed by atoms with van der Waals surface area (Å²) in [4.78, 5) is 26.1. The normalized spacial score (nSPS) is 16.5. The Labute approximate surface area is 145 Å². The standard InChI is InChI=1S/C18H21NO4S/c1-4-22-18(21)15-13-6-5-10(2)9-14(13)24-17(15)19-16(20)12-7-8-23-11(12)3/h7-8,10H,4-6,9H2,1-3H3,(H,19,20)/t10-/m0/s1. The lowest BCUT2D eigenvalue weighted by Gasteiger charge is -2.18. The van der Waals surface area contributed by atoms with Gasteiger partial charge in [0.25, 0.3) is 5.91 Å². The summed E-state index contributed by atoms with van der Waals surface area (Å²) in [6, 6.07) is 1.63. The van der Waals surface area contributed by atoms with Crippen molar-refractivity contribution in [1.29, 1.82) is 0 Å². The van der Waals surface area contributed by atoms with Crippen LogP contribution in [0.25, 0.3) is 0 Å². The Balaban J connectivity index is 1.96. The predicted octanol–water partition coefficient (Wildman–Crippen LogP) is 4.20. The molecule has 0 aromatic carbocycles. The molecule has 0 radical (unpaired) electrons. The topological polar surface area (TPSA) is 68.5 Å². The molecule has 2 heterocycles. The number of esters is 1. The van der Waals surface area contributed by atoms with Crippen LogP contribution in [0, 0.1) is 12.8 Å². The van der Waals surface area contributed by atoms with Crippen LogP contribution in [0.2, 0.25) is 0 Å². The zero-order chi connectivity index (χ0) is 17.3. The molecule has 0 saturated carbocycles. The Kier molecular flexibility index (Phi) is 4.76. The highest BCUT2D eigenvalue weighted by Gasteiger charge is 2.29. The molecule has 2 aromatic heterocycles. The van der Waals surface area contributed by atoms with Crippen molar-refractivity contribution in [3.05, 3.63) is 39.7 Å². The molecular formula is C18H21NO4S. The van der Waals surface area contributed by atoms with Crippen molar-refractivity contribution < 1.29 is 18.7 Å². The van der Waals surface area contributed by atoms with Gasteiger partial charge in [0.1, 0.15) is 10.8 Å². The fourth-order valence-corrected chi connectivity index (χ4v) is 4.44. The Morgan fingerprint density at radius 1 is 1.46 bits per heavy atom. The van der Waals surface area contributed by atoms with Gasteiger partial charge in [0.05, 0.1) is 24.0 Å². The number of aryl methyl sites for hydroxylation is 1. The van der Waals surface area contributed by atoms with Crippen LogP contribution >= 0.6 is 11.3 Å². The molecule has 0 aliphatic heterocycles. The quantitative estimate of drug-likeness (QED) is 0.842. The third-order valence-corrected chi connectivity index (χ3v) is 5.49. The number of anilines is 1. The van der Waals surface area contributed by atoms with Crippen LogP contribution in [-0.4, -0.2) is 18.5 Å². The summed E-state index contributed by atoms with van der Waals surface area (Å²) in [5, 5.41) is 3.47. The molecule has 1 N–H and O–H groups in total. The summed E-state index contributed by atoms with van der Waals surface area (Å²) < 4.78 is 10.4. The van der Waals surface area contributed by atoms with Gasteiger partial charge < -0.3 is 14.5 Å². The van der Waals surface area contributed by atoms with Crippen molar-refractivity contribution in [2.45, 2.75) is 40.0 Å². The number of carbonyl (C=O) groups is 2. The molecule has 0 saturated heterocycles. The molecule has 0 unspecified atom stereocenters. The maximum atomic E-state index is 12.5. The lowest BCUT2D eigenvalue weighted by atomic mass is 9.88. The van der Waals surface area contributed by atoms with Crippen LogP contribution in [0.5, 0.6) is 0 Å². The highest BCUT2D eigenvalue weighted by Crippen LogP contribution is 2.40. The fraction of sp³-hybridized carbons (Fsp3) is 0.444. The van der Waals surface area contributed by atoms with E-state index in [4.69, 9.17) is 9.15 Å². The summed E-state index contributed by atoms with van der Waals surface area (Å²) in [5.74, 6) is 0.521. The molecule has 1 aliphatic carbocycles. The molecule has 1 atom stereocenters. The lowest BCUT2D eigenvalue weighted by molar-refractivity contribution is 0.0526. The van der Waals surface area contributed by atoms with Crippen molar-refractivity contribution in [3.8, 4) is 0 Å². The van der Waals surface area contributed by atoms with Gasteiger partial charge in [0.15, 0.2) is 0 Å². The molecule has 3 rings (SSSR count). The molecular weight excluding hydrogens is 326 g/mol. The minimum atomic E-state index is -0.358. The van der Waals surface area contributed by atoms with E-state index in [0.717, 1.165) is 24.8 Å². The highest BCUT2D eigenvalue weighted by atomic mass is 32.1. The monoisotopic (exact) mass is 347 g/mol. The molecule has 2 aromatic rings. The van der Waals surface area contributed by atoms with Crippen molar-refractivity contribution in [2.24, 2.45) is 5.92 Å². The summed E-state index contributed by atoms with van der Waals surface area (Å²) in [5.41, 5.74) is 2.04. The van der Waals surface area contributed by atoms with E-state index in [1.165, 1.54) is 22.5 Å². The summed E-state index contributed by atoms with van der Waals surface area (Å²) in [6.45, 7) is 6.04. The Morgan fingerprint density at radius 3 is 2.92 bits per heavy atom. The van der Waals surface area contributed by atoms with Gasteiger partial charge in [0.2, 0.25) is 0 Å². The number of carbonyl (C=O) groups excluding carboxylic acids is 2. The summed E-state index contributed by atoms with van der Waals surface area (Å²) >= 11 is 1.49. The first kappa shape index (κ1) is 16.8. The van der Waals surface area contributed by atoms with E-state index >= 15 is 0 Å². The smallest absolute Gasteiger partial charge is 0.341 e. The molecule has 0 fully saturated rings. The SMILES string of the molecule is CCOC(=O)c1c(NC(=O)c2ccoc2C)sc2c1CC[C@H](C)C2. The van der Waals surface area contributed by atoms with Gasteiger partial charge in [-0.25, -0.2) is 4.79 Å². The molecule has 1 aliphatic rings. The van der Waals surface area contributed by atoms with E-state index in [1.54, 1.807) is 19.9 Å². The van der Waals surface area contributed by atoms with E-state index in [1.807, 2.05) is 0 Å². The highest BCUT2D eigenvalue weighted by molar-refractivity contribution is 7.17. The first-order valence-corrected chi connectivity index (χ1v) is 9.00. The maximum Gasteiger partial charge on any atom is 0.341 e. The van der Waals surface area contributed by atoms with E-state index in [-0.39, 0.29) is 11.9 Å². The Bertz CT molecular complexity index is 774. The Morgan fingerprint density at radius 2 is 2.25 bits per heavy atom. The van der Waals surface area contributed by atoms with Crippen molar-refractivity contribution in [1.82, 2.24) is 0 Å². The van der Waals surface area contributed by atoms with Crippen LogP contribution in [0.15, 0.2) is 16.7 Å². The Hall–Kier alpha value is -2.08. The maximum absolute atomic E-state index is 12.5. The molecule has 1 amide bonds. The van der Waals surface area contributed by atoms with Gasteiger partial charge in [-0.15, -0.1) is 11.3 Å². The van der Waals surface area contributed by atoms with Crippen LogP contribution in [0.3, 0.4) is 0 Å². The average molecular weight is 347 g/mol. The number of thiophene rings is 1. The predicted molar refractivity (Wildman–Crippen MR) is 92.9 cm³/mol. The summed E-state index contributed by atoms with van der Waals surface area (Å²) in [7, 11) is 0. The third kappa shape index (κ3) is 3.11. The van der Waals surface area contributed by atoms with Crippen LogP contribution < -0.4 is 5.32 Å². The number of ether oxygens (including phenoxy) is 1. The fourth-order valence-electron chi connectivity index (χ4n) is 3.05. The zero-order valence-corrected chi connectivity index (χ0v) is 14.9. The molecule has 0 spiro atoms. The van der Waals surface area contributed by atoms with E-state index in [0.29, 0.717) is 34.4 Å². The largest absolute Gasteiger partial charge is 0.469 e. The zero-order valence-electron chi connectivity index (χ0n) is 14.1. The first-order chi connectivity index (χ1) is 11.5. The molecule has 24 heavy (non-hydrogen) atoms. The number of furan rings is 1. The number of fused-ring (bicyclic) bond motifs is 1. The van der Waals surface area contributed by atoms with Crippen molar-refractivity contribution in [3.63, 3.8) is 0 Å². The summed E-state index contributed by atoms with van der Waals surface area (Å²) in [6.07, 6.45) is 4.32. The average Bonchev–Trinajstić information content (AvgIpc) is 3.10. The van der Waals surface area contributed by atoms with Gasteiger partial charge in [-0.2, -0.15) is 0 Å². The van der Waals surface area contributed by atoms with Gasteiger partial charge in [-0.3, -0.25) is 4.79 Å². The number of rotatable bonds is 4. The first-order valence-electron chi connectivity index (χ1n) is 8.18. The minimum absolute atomic E-state index is 0.265. The van der Waals surface area contributed by atoms with Crippen LogP contribution in [-0.2, 0) is 17.6 Å². The molecule has 5 nitrogen and oxygen atoms in total. The lowest BCUT2D eigenvalue weighted by Crippen LogP contribution is -2.16. The second-order valence-corrected chi connectivity index (χ2v) is 7.23. The van der Waals surface area contributed by atoms with Gasteiger partial charge >= 0.3 is 5.97 Å². The second-order valence-electron chi connectivity index (χ2n) is 6.12. The molecule has 6 heteroatoms. The van der Waals surface area contributed by atoms with Crippen LogP contribution in [0.4, 0.5) is 5.00 Å². The van der Waals surface area contributed by atoms with Gasteiger partial charge in [0, 0.05) is 4.88 Å². The van der Waals surface area contributed by atoms with Crippen LogP contribution in [0.1, 0.15) is 57.2 Å². The van der Waals surface area contributed by atoms with E-state index < -0.39 is 0 Å². The van der Waals surface area contributed by atoms with E-state index in [2.05, 4.69) is 12.2 Å². The second kappa shape index (κ2) is 6.81. The number of amides is 1. The van der Waals surface area contributed by atoms with Gasteiger partial charge in [-0.1, -0.05) is 6.92 Å². The molecule has 128 valence electrons. The molecule has 0 bridgehead atoms. The minimum Gasteiger partial charge on any atom is -0.469 e.